The van der Waals surface area contributed by atoms with Gasteiger partial charge in [-0.15, -0.1) is 0 Å². The van der Waals surface area contributed by atoms with Gasteiger partial charge < -0.3 is 9.72 Å². The van der Waals surface area contributed by atoms with Gasteiger partial charge in [0.2, 0.25) is 0 Å². The Kier molecular flexibility index (Phi) is 3.46. The average Bonchev–Trinajstić information content (AvgIpc) is 3.05. The lowest BCUT2D eigenvalue weighted by atomic mass is 9.67. The maximum atomic E-state index is 13.1. The minimum absolute atomic E-state index is 0.0178. The summed E-state index contributed by atoms with van der Waals surface area (Å²) in [6.07, 6.45) is 1.68. The van der Waals surface area contributed by atoms with Gasteiger partial charge in [0.05, 0.1) is 18.2 Å². The van der Waals surface area contributed by atoms with Crippen LogP contribution in [0.2, 0.25) is 0 Å². The smallest absolute Gasteiger partial charge is 0.194 e. The van der Waals surface area contributed by atoms with Crippen LogP contribution in [0, 0.1) is 34.5 Å². The molecule has 6 heteroatoms. The van der Waals surface area contributed by atoms with Crippen molar-refractivity contribution in [3.8, 4) is 12.1 Å². The van der Waals surface area contributed by atoms with Gasteiger partial charge in [-0.3, -0.25) is 9.69 Å². The number of pyridine rings is 1. The van der Waals surface area contributed by atoms with Gasteiger partial charge >= 0.3 is 0 Å². The molecule has 27 heavy (non-hydrogen) atoms. The van der Waals surface area contributed by atoms with Crippen LogP contribution < -0.4 is 5.43 Å². The molecule has 4 heterocycles. The zero-order valence-corrected chi connectivity index (χ0v) is 15.1. The van der Waals surface area contributed by atoms with Gasteiger partial charge in [-0.05, 0) is 37.8 Å². The molecule has 1 N–H and O–H groups in total. The van der Waals surface area contributed by atoms with Crippen molar-refractivity contribution in [3.63, 3.8) is 0 Å². The van der Waals surface area contributed by atoms with Crippen molar-refractivity contribution in [2.24, 2.45) is 11.8 Å². The SMILES string of the molecule is CC1(C#N)OCC[C@H]2C[C@H]3c4[nH]c5ccccc5c(=O)c4CN3[C@H](C#N)[C@@H]21. The minimum Gasteiger partial charge on any atom is -0.360 e. The molecule has 2 saturated heterocycles. The molecule has 0 bridgehead atoms. The quantitative estimate of drug-likeness (QED) is 0.779. The Morgan fingerprint density at radius 1 is 1.33 bits per heavy atom. The van der Waals surface area contributed by atoms with E-state index >= 15 is 0 Å². The van der Waals surface area contributed by atoms with Crippen LogP contribution >= 0.6 is 0 Å². The van der Waals surface area contributed by atoms with Crippen molar-refractivity contribution < 1.29 is 4.74 Å². The Hall–Kier alpha value is -2.67. The number of H-pyrrole nitrogens is 1. The molecule has 0 saturated carbocycles. The summed E-state index contributed by atoms with van der Waals surface area (Å²) in [6.45, 7) is 2.79. The maximum absolute atomic E-state index is 13.1. The molecule has 3 aliphatic heterocycles. The number of nitrogens with zero attached hydrogens (tertiary/aromatic N) is 3. The molecule has 0 amide bonds. The zero-order chi connectivity index (χ0) is 18.8. The molecule has 5 rings (SSSR count). The fraction of sp³-hybridized carbons (Fsp3) is 0.476. The summed E-state index contributed by atoms with van der Waals surface area (Å²) in [5.41, 5.74) is 1.64. The van der Waals surface area contributed by atoms with Gasteiger partial charge in [0.1, 0.15) is 6.04 Å². The number of rotatable bonds is 0. The summed E-state index contributed by atoms with van der Waals surface area (Å²) in [5, 5.41) is 20.4. The first-order valence-corrected chi connectivity index (χ1v) is 9.42. The third-order valence-corrected chi connectivity index (χ3v) is 6.73. The molecule has 1 aromatic carbocycles. The second-order valence-corrected chi connectivity index (χ2v) is 8.03. The minimum atomic E-state index is -0.961. The molecule has 136 valence electrons. The predicted molar refractivity (Wildman–Crippen MR) is 98.4 cm³/mol. The first kappa shape index (κ1) is 16.5. The van der Waals surface area contributed by atoms with Gasteiger partial charge in [0.15, 0.2) is 11.0 Å². The van der Waals surface area contributed by atoms with E-state index in [-0.39, 0.29) is 23.3 Å². The van der Waals surface area contributed by atoms with E-state index in [1.54, 1.807) is 6.92 Å². The van der Waals surface area contributed by atoms with Crippen LogP contribution in [0.5, 0.6) is 0 Å². The van der Waals surface area contributed by atoms with E-state index in [0.717, 1.165) is 29.6 Å². The number of benzene rings is 1. The normalized spacial score (nSPS) is 34.9. The van der Waals surface area contributed by atoms with Crippen molar-refractivity contribution >= 4 is 10.9 Å². The maximum Gasteiger partial charge on any atom is 0.194 e. The van der Waals surface area contributed by atoms with E-state index in [4.69, 9.17) is 4.74 Å². The Bertz CT molecular complexity index is 1080. The van der Waals surface area contributed by atoms with Crippen LogP contribution in [0.1, 0.15) is 37.1 Å². The van der Waals surface area contributed by atoms with Crippen molar-refractivity contribution in [1.82, 2.24) is 9.88 Å². The molecule has 2 aromatic rings. The number of fused-ring (bicyclic) bond motifs is 5. The third kappa shape index (κ3) is 2.15. The molecular weight excluding hydrogens is 340 g/mol. The second-order valence-electron chi connectivity index (χ2n) is 8.03. The van der Waals surface area contributed by atoms with E-state index in [2.05, 4.69) is 22.0 Å². The summed E-state index contributed by atoms with van der Waals surface area (Å²) in [4.78, 5) is 18.6. The van der Waals surface area contributed by atoms with Crippen molar-refractivity contribution in [3.05, 3.63) is 45.7 Å². The number of nitriles is 2. The fourth-order valence-electron chi connectivity index (χ4n) is 5.47. The number of aromatic amines is 1. The predicted octanol–water partition coefficient (Wildman–Crippen LogP) is 2.62. The highest BCUT2D eigenvalue weighted by Crippen LogP contribution is 2.52. The fourth-order valence-corrected chi connectivity index (χ4v) is 5.47. The van der Waals surface area contributed by atoms with Gasteiger partial charge in [-0.2, -0.15) is 10.5 Å². The molecule has 5 atom stereocenters. The Morgan fingerprint density at radius 2 is 2.15 bits per heavy atom. The lowest BCUT2D eigenvalue weighted by molar-refractivity contribution is -0.142. The van der Waals surface area contributed by atoms with E-state index in [1.165, 1.54) is 0 Å². The van der Waals surface area contributed by atoms with E-state index in [0.29, 0.717) is 18.5 Å². The van der Waals surface area contributed by atoms with Gasteiger partial charge in [0.25, 0.3) is 0 Å². The Balaban J connectivity index is 1.65. The lowest BCUT2D eigenvalue weighted by Crippen LogP contribution is -2.58. The Labute approximate surface area is 157 Å². The van der Waals surface area contributed by atoms with Crippen LogP contribution in [0.4, 0.5) is 0 Å². The lowest BCUT2D eigenvalue weighted by Gasteiger charge is -2.51. The highest BCUT2D eigenvalue weighted by Gasteiger charge is 2.56. The number of para-hydroxylation sites is 1. The summed E-state index contributed by atoms with van der Waals surface area (Å²) in [5.74, 6) is 0.0616. The molecule has 0 aliphatic carbocycles. The molecular formula is C21H20N4O2. The summed E-state index contributed by atoms with van der Waals surface area (Å²) < 4.78 is 5.82. The van der Waals surface area contributed by atoms with Crippen LogP contribution in [0.3, 0.4) is 0 Å². The monoisotopic (exact) mass is 360 g/mol. The second kappa shape index (κ2) is 5.66. The standard InChI is InChI=1S/C21H20N4O2/c1-21(11-23)18-12(6-7-27-21)8-16-19-14(10-25(16)17(18)9-22)20(26)13-4-2-3-5-15(13)24-19/h2-5,12,16-18H,6-8,10H2,1H3,(H,24,26)/t12-,16-,17+,18+,21?/m0/s1. The molecule has 0 radical (unpaired) electrons. The molecule has 0 spiro atoms. The number of aromatic nitrogens is 1. The number of hydrogen-bond acceptors (Lipinski definition) is 5. The number of nitrogens with one attached hydrogen (secondary N) is 1. The van der Waals surface area contributed by atoms with E-state index in [9.17, 15) is 15.3 Å². The van der Waals surface area contributed by atoms with Gasteiger partial charge in [0, 0.05) is 41.2 Å². The first-order valence-electron chi connectivity index (χ1n) is 9.42. The highest BCUT2D eigenvalue weighted by atomic mass is 16.5. The molecule has 6 nitrogen and oxygen atoms in total. The van der Waals surface area contributed by atoms with E-state index in [1.807, 2.05) is 24.3 Å². The van der Waals surface area contributed by atoms with Crippen molar-refractivity contribution in [1.29, 1.82) is 10.5 Å². The number of piperidine rings is 1. The molecule has 1 unspecified atom stereocenters. The first-order chi connectivity index (χ1) is 13.1. The highest BCUT2D eigenvalue weighted by molar-refractivity contribution is 5.79. The largest absolute Gasteiger partial charge is 0.360 e. The Morgan fingerprint density at radius 3 is 2.93 bits per heavy atom. The number of hydrogen-bond donors (Lipinski definition) is 1. The van der Waals surface area contributed by atoms with Crippen LogP contribution in [0.25, 0.3) is 10.9 Å². The van der Waals surface area contributed by atoms with Crippen LogP contribution in [-0.4, -0.2) is 28.1 Å². The topological polar surface area (TPSA) is 92.9 Å². The van der Waals surface area contributed by atoms with E-state index < -0.39 is 11.6 Å². The number of ether oxygens (including phenoxy) is 1. The summed E-state index contributed by atoms with van der Waals surface area (Å²) >= 11 is 0. The van der Waals surface area contributed by atoms with Crippen molar-refractivity contribution in [2.75, 3.05) is 6.61 Å². The summed E-state index contributed by atoms with van der Waals surface area (Å²) in [6, 6.07) is 11.9. The molecule has 3 aliphatic rings. The van der Waals surface area contributed by atoms with Crippen LogP contribution in [-0.2, 0) is 11.3 Å². The zero-order valence-electron chi connectivity index (χ0n) is 15.1. The van der Waals surface area contributed by atoms with Gasteiger partial charge in [-0.25, -0.2) is 0 Å². The van der Waals surface area contributed by atoms with Crippen LogP contribution in [0.15, 0.2) is 29.1 Å². The molecule has 1 aromatic heterocycles. The molecule has 2 fully saturated rings. The average molecular weight is 360 g/mol. The summed E-state index contributed by atoms with van der Waals surface area (Å²) in [7, 11) is 0. The van der Waals surface area contributed by atoms with Gasteiger partial charge in [-0.1, -0.05) is 12.1 Å². The third-order valence-electron chi connectivity index (χ3n) is 6.73. The van der Waals surface area contributed by atoms with Crippen molar-refractivity contribution in [2.45, 2.75) is 44.0 Å².